The van der Waals surface area contributed by atoms with Crippen molar-refractivity contribution in [2.45, 2.75) is 20.0 Å². The molecule has 15 heavy (non-hydrogen) atoms. The lowest BCUT2D eigenvalue weighted by Crippen LogP contribution is -1.97. The molecule has 0 spiro atoms. The fraction of sp³-hybridized carbons (Fsp3) is 0.250. The van der Waals surface area contributed by atoms with E-state index in [-0.39, 0.29) is 5.97 Å². The summed E-state index contributed by atoms with van der Waals surface area (Å²) in [5.41, 5.74) is 2.51. The van der Waals surface area contributed by atoms with Crippen LogP contribution in [0.5, 0.6) is 0 Å². The van der Waals surface area contributed by atoms with Crippen LogP contribution in [-0.2, 0) is 22.6 Å². The summed E-state index contributed by atoms with van der Waals surface area (Å²) in [5, 5.41) is 0. The number of hydrogen-bond donors (Lipinski definition) is 0. The van der Waals surface area contributed by atoms with Gasteiger partial charge in [0.25, 0.3) is 0 Å². The SMILES string of the molecule is CC(=O)OC1=CCc2ccc(CF)cc21. The molecule has 1 aromatic rings. The minimum atomic E-state index is -0.499. The summed E-state index contributed by atoms with van der Waals surface area (Å²) in [6, 6.07) is 5.36. The van der Waals surface area contributed by atoms with Crippen LogP contribution in [0.2, 0.25) is 0 Å². The van der Waals surface area contributed by atoms with E-state index in [0.29, 0.717) is 11.3 Å². The molecule has 2 nitrogen and oxygen atoms in total. The van der Waals surface area contributed by atoms with Crippen LogP contribution in [0.3, 0.4) is 0 Å². The van der Waals surface area contributed by atoms with Gasteiger partial charge in [-0.05, 0) is 29.7 Å². The molecule has 1 aromatic carbocycles. The zero-order chi connectivity index (χ0) is 10.8. The molecule has 1 aliphatic carbocycles. The molecular formula is C12H11FO2. The lowest BCUT2D eigenvalue weighted by Gasteiger charge is -2.06. The van der Waals surface area contributed by atoms with Crippen molar-refractivity contribution >= 4 is 11.7 Å². The monoisotopic (exact) mass is 206 g/mol. The number of benzene rings is 1. The highest BCUT2D eigenvalue weighted by atomic mass is 19.1. The molecule has 0 bridgehead atoms. The van der Waals surface area contributed by atoms with Gasteiger partial charge in [-0.1, -0.05) is 12.1 Å². The van der Waals surface area contributed by atoms with Gasteiger partial charge in [0.15, 0.2) is 0 Å². The fourth-order valence-electron chi connectivity index (χ4n) is 1.68. The second kappa shape index (κ2) is 3.85. The van der Waals surface area contributed by atoms with E-state index in [4.69, 9.17) is 4.74 Å². The van der Waals surface area contributed by atoms with Gasteiger partial charge in [0.1, 0.15) is 12.4 Å². The van der Waals surface area contributed by atoms with Gasteiger partial charge in [-0.2, -0.15) is 0 Å². The van der Waals surface area contributed by atoms with E-state index in [9.17, 15) is 9.18 Å². The van der Waals surface area contributed by atoms with Crippen molar-refractivity contribution in [1.82, 2.24) is 0 Å². The Labute approximate surface area is 87.4 Å². The van der Waals surface area contributed by atoms with Crippen molar-refractivity contribution < 1.29 is 13.9 Å². The Hall–Kier alpha value is -1.64. The minimum Gasteiger partial charge on any atom is -0.426 e. The van der Waals surface area contributed by atoms with Crippen LogP contribution in [0.1, 0.15) is 23.6 Å². The largest absolute Gasteiger partial charge is 0.426 e. The predicted molar refractivity (Wildman–Crippen MR) is 54.7 cm³/mol. The molecule has 0 heterocycles. The smallest absolute Gasteiger partial charge is 0.308 e. The number of carbonyl (C=O) groups excluding carboxylic acids is 1. The summed E-state index contributed by atoms with van der Waals surface area (Å²) in [5.74, 6) is 0.201. The molecule has 2 rings (SSSR count). The Kier molecular flexibility index (Phi) is 2.54. The second-order valence-electron chi connectivity index (χ2n) is 3.49. The normalized spacial score (nSPS) is 13.3. The van der Waals surface area contributed by atoms with Gasteiger partial charge in [0.2, 0.25) is 0 Å². The van der Waals surface area contributed by atoms with Crippen LogP contribution in [0.4, 0.5) is 4.39 Å². The summed E-state index contributed by atoms with van der Waals surface area (Å²) in [6.45, 7) is 0.860. The highest BCUT2D eigenvalue weighted by Crippen LogP contribution is 2.29. The standard InChI is InChI=1S/C12H11FO2/c1-8(14)15-12-5-4-10-3-2-9(7-13)6-11(10)12/h2-3,5-6H,4,7H2,1H3. The molecule has 0 radical (unpaired) electrons. The van der Waals surface area contributed by atoms with E-state index in [0.717, 1.165) is 17.5 Å². The summed E-state index contributed by atoms with van der Waals surface area (Å²) >= 11 is 0. The van der Waals surface area contributed by atoms with Crippen LogP contribution in [0.25, 0.3) is 5.76 Å². The number of ether oxygens (including phenoxy) is 1. The first kappa shape index (κ1) is 9.90. The van der Waals surface area contributed by atoms with E-state index in [2.05, 4.69) is 0 Å². The molecule has 0 aromatic heterocycles. The average molecular weight is 206 g/mol. The number of allylic oxidation sites excluding steroid dienone is 1. The molecule has 0 amide bonds. The number of esters is 1. The van der Waals surface area contributed by atoms with E-state index < -0.39 is 6.67 Å². The molecule has 0 saturated carbocycles. The Morgan fingerprint density at radius 1 is 1.53 bits per heavy atom. The number of halogens is 1. The lowest BCUT2D eigenvalue weighted by molar-refractivity contribution is -0.134. The number of rotatable bonds is 2. The summed E-state index contributed by atoms with van der Waals surface area (Å²) in [6.07, 6.45) is 2.58. The first-order valence-electron chi connectivity index (χ1n) is 4.77. The van der Waals surface area contributed by atoms with Crippen LogP contribution >= 0.6 is 0 Å². The maximum Gasteiger partial charge on any atom is 0.308 e. The van der Waals surface area contributed by atoms with Crippen molar-refractivity contribution in [3.63, 3.8) is 0 Å². The molecule has 0 N–H and O–H groups in total. The van der Waals surface area contributed by atoms with Gasteiger partial charge in [-0.15, -0.1) is 0 Å². The van der Waals surface area contributed by atoms with Gasteiger partial charge in [0, 0.05) is 12.5 Å². The van der Waals surface area contributed by atoms with Gasteiger partial charge < -0.3 is 4.74 Å². The van der Waals surface area contributed by atoms with E-state index in [1.54, 1.807) is 12.1 Å². The summed E-state index contributed by atoms with van der Waals surface area (Å²) in [7, 11) is 0. The molecule has 1 aliphatic rings. The number of hydrogen-bond acceptors (Lipinski definition) is 2. The number of alkyl halides is 1. The third-order valence-corrected chi connectivity index (χ3v) is 2.36. The molecule has 0 aliphatic heterocycles. The van der Waals surface area contributed by atoms with Crippen molar-refractivity contribution in [1.29, 1.82) is 0 Å². The highest BCUT2D eigenvalue weighted by Gasteiger charge is 2.17. The molecule has 0 unspecified atom stereocenters. The minimum absolute atomic E-state index is 0.347. The molecule has 0 fully saturated rings. The van der Waals surface area contributed by atoms with E-state index >= 15 is 0 Å². The first-order valence-corrected chi connectivity index (χ1v) is 4.77. The van der Waals surface area contributed by atoms with Crippen molar-refractivity contribution in [3.8, 4) is 0 Å². The summed E-state index contributed by atoms with van der Waals surface area (Å²) in [4.78, 5) is 10.8. The number of fused-ring (bicyclic) bond motifs is 1. The van der Waals surface area contributed by atoms with Gasteiger partial charge >= 0.3 is 5.97 Å². The Morgan fingerprint density at radius 3 is 3.00 bits per heavy atom. The molecule has 0 atom stereocenters. The van der Waals surface area contributed by atoms with E-state index in [1.165, 1.54) is 6.92 Å². The van der Waals surface area contributed by atoms with Crippen LogP contribution < -0.4 is 0 Å². The zero-order valence-electron chi connectivity index (χ0n) is 8.42. The topological polar surface area (TPSA) is 26.3 Å². The lowest BCUT2D eigenvalue weighted by atomic mass is 10.1. The third kappa shape index (κ3) is 1.91. The first-order chi connectivity index (χ1) is 7.20. The second-order valence-corrected chi connectivity index (χ2v) is 3.49. The number of carbonyl (C=O) groups is 1. The zero-order valence-corrected chi connectivity index (χ0v) is 8.42. The van der Waals surface area contributed by atoms with Gasteiger partial charge in [-0.25, -0.2) is 4.39 Å². The van der Waals surface area contributed by atoms with Crippen LogP contribution in [0, 0.1) is 0 Å². The van der Waals surface area contributed by atoms with Crippen molar-refractivity contribution in [2.24, 2.45) is 0 Å². The van der Waals surface area contributed by atoms with E-state index in [1.807, 2.05) is 12.1 Å². The fourth-order valence-corrected chi connectivity index (χ4v) is 1.68. The molecule has 0 saturated heterocycles. The summed E-state index contributed by atoms with van der Waals surface area (Å²) < 4.78 is 17.5. The van der Waals surface area contributed by atoms with Crippen molar-refractivity contribution in [2.75, 3.05) is 0 Å². The Morgan fingerprint density at radius 2 is 2.33 bits per heavy atom. The van der Waals surface area contributed by atoms with Gasteiger partial charge in [0.05, 0.1) is 0 Å². The van der Waals surface area contributed by atoms with Crippen molar-refractivity contribution in [3.05, 3.63) is 41.0 Å². The Bertz CT molecular complexity index is 435. The molecule has 3 heteroatoms. The maximum absolute atomic E-state index is 12.5. The molecular weight excluding hydrogens is 195 g/mol. The maximum atomic E-state index is 12.5. The predicted octanol–water partition coefficient (Wildman–Crippen LogP) is 2.62. The molecule has 78 valence electrons. The highest BCUT2D eigenvalue weighted by molar-refractivity contribution is 5.79. The average Bonchev–Trinajstić information content (AvgIpc) is 2.60. The quantitative estimate of drug-likeness (QED) is 0.695. The van der Waals surface area contributed by atoms with Gasteiger partial charge in [-0.3, -0.25) is 4.79 Å². The van der Waals surface area contributed by atoms with Crippen LogP contribution in [-0.4, -0.2) is 5.97 Å². The third-order valence-electron chi connectivity index (χ3n) is 2.36. The van der Waals surface area contributed by atoms with Crippen LogP contribution in [0.15, 0.2) is 24.3 Å². The Balaban J connectivity index is 2.33.